The highest BCUT2D eigenvalue weighted by Crippen LogP contribution is 2.26. The van der Waals surface area contributed by atoms with Crippen LogP contribution < -0.4 is 10.2 Å². The monoisotopic (exact) mass is 341 g/mol. The lowest BCUT2D eigenvalue weighted by Gasteiger charge is -2.10. The van der Waals surface area contributed by atoms with E-state index in [0.717, 1.165) is 21.4 Å². The fourth-order valence-corrected chi connectivity index (χ4v) is 3.12. The molecule has 3 amide bonds. The Hall–Kier alpha value is -3.78. The number of carbonyl (C=O) groups is 2. The Labute approximate surface area is 150 Å². The lowest BCUT2D eigenvalue weighted by atomic mass is 10.1. The van der Waals surface area contributed by atoms with E-state index >= 15 is 0 Å². The molecule has 4 rings (SSSR count). The fraction of sp³-hybridized carbons (Fsp3) is 0.0476. The highest BCUT2D eigenvalue weighted by atomic mass is 16.2. The Morgan fingerprint density at radius 3 is 2.54 bits per heavy atom. The number of hydrogen-bond acceptors (Lipinski definition) is 2. The smallest absolute Gasteiger partial charge is 0.333 e. The molecular formula is C21H15N3O2. The van der Waals surface area contributed by atoms with Crippen LogP contribution in [0.3, 0.4) is 0 Å². The summed E-state index contributed by atoms with van der Waals surface area (Å²) in [7, 11) is 0. The molecule has 0 saturated carbocycles. The van der Waals surface area contributed by atoms with Gasteiger partial charge in [-0.2, -0.15) is 0 Å². The summed E-state index contributed by atoms with van der Waals surface area (Å²) in [5.41, 5.74) is 2.58. The average molecular weight is 341 g/mol. The summed E-state index contributed by atoms with van der Waals surface area (Å²) in [4.78, 5) is 26.1. The molecule has 126 valence electrons. The van der Waals surface area contributed by atoms with Crippen LogP contribution >= 0.6 is 0 Å². The Bertz CT molecular complexity index is 1090. The van der Waals surface area contributed by atoms with Crippen molar-refractivity contribution in [3.05, 3.63) is 72.1 Å². The van der Waals surface area contributed by atoms with Gasteiger partial charge in [-0.3, -0.25) is 4.79 Å². The number of nitrogens with zero attached hydrogens (tertiary/aromatic N) is 2. The van der Waals surface area contributed by atoms with Crippen molar-refractivity contribution in [3.63, 3.8) is 0 Å². The molecule has 0 atom stereocenters. The number of aromatic nitrogens is 1. The maximum absolute atomic E-state index is 12.7. The molecule has 2 aromatic carbocycles. The molecule has 0 radical (unpaired) electrons. The summed E-state index contributed by atoms with van der Waals surface area (Å²) in [6.45, 7) is 0.431. The summed E-state index contributed by atoms with van der Waals surface area (Å²) in [6.07, 6.45) is 9.03. The van der Waals surface area contributed by atoms with Crippen molar-refractivity contribution in [1.82, 2.24) is 9.88 Å². The van der Waals surface area contributed by atoms with Crippen LogP contribution in [-0.4, -0.2) is 16.5 Å². The van der Waals surface area contributed by atoms with E-state index in [4.69, 9.17) is 6.42 Å². The van der Waals surface area contributed by atoms with Crippen LogP contribution in [0.1, 0.15) is 5.56 Å². The van der Waals surface area contributed by atoms with Gasteiger partial charge in [-0.05, 0) is 24.3 Å². The molecule has 1 saturated heterocycles. The molecule has 0 aliphatic carbocycles. The molecule has 1 N–H and O–H groups in total. The van der Waals surface area contributed by atoms with Crippen LogP contribution in [0.15, 0.2) is 66.5 Å². The van der Waals surface area contributed by atoms with Gasteiger partial charge in [0.05, 0.1) is 12.2 Å². The second-order valence-corrected chi connectivity index (χ2v) is 5.90. The first-order chi connectivity index (χ1) is 12.7. The molecule has 1 aromatic heterocycles. The number of para-hydroxylation sites is 2. The molecule has 2 heterocycles. The van der Waals surface area contributed by atoms with Gasteiger partial charge in [0.2, 0.25) is 0 Å². The average Bonchev–Trinajstić information content (AvgIpc) is 3.14. The van der Waals surface area contributed by atoms with Gasteiger partial charge in [-0.1, -0.05) is 42.3 Å². The van der Waals surface area contributed by atoms with E-state index < -0.39 is 6.03 Å². The molecule has 5 heteroatoms. The van der Waals surface area contributed by atoms with Crippen molar-refractivity contribution in [2.24, 2.45) is 0 Å². The predicted octanol–water partition coefficient (Wildman–Crippen LogP) is 3.37. The Kier molecular flexibility index (Phi) is 3.79. The van der Waals surface area contributed by atoms with Crippen LogP contribution in [0.2, 0.25) is 0 Å². The molecule has 1 aliphatic rings. The number of urea groups is 1. The van der Waals surface area contributed by atoms with Gasteiger partial charge in [0.15, 0.2) is 0 Å². The number of rotatable bonds is 3. The van der Waals surface area contributed by atoms with Crippen molar-refractivity contribution in [2.75, 3.05) is 4.90 Å². The summed E-state index contributed by atoms with van der Waals surface area (Å²) < 4.78 is 1.94. The second-order valence-electron chi connectivity index (χ2n) is 5.90. The highest BCUT2D eigenvalue weighted by Gasteiger charge is 2.34. The van der Waals surface area contributed by atoms with E-state index in [1.54, 1.807) is 30.3 Å². The third-order valence-corrected chi connectivity index (χ3v) is 4.27. The van der Waals surface area contributed by atoms with Gasteiger partial charge < -0.3 is 9.88 Å². The van der Waals surface area contributed by atoms with Crippen LogP contribution in [0, 0.1) is 12.3 Å². The summed E-state index contributed by atoms with van der Waals surface area (Å²) in [5.74, 6) is 2.25. The minimum absolute atomic E-state index is 0.238. The van der Waals surface area contributed by atoms with E-state index in [-0.39, 0.29) is 11.6 Å². The van der Waals surface area contributed by atoms with Gasteiger partial charge in [0.1, 0.15) is 5.70 Å². The van der Waals surface area contributed by atoms with Crippen LogP contribution in [0.5, 0.6) is 0 Å². The number of anilines is 1. The molecule has 3 aromatic rings. The first kappa shape index (κ1) is 15.7. The topological polar surface area (TPSA) is 54.3 Å². The fourth-order valence-electron chi connectivity index (χ4n) is 3.12. The number of amides is 3. The van der Waals surface area contributed by atoms with Crippen molar-refractivity contribution >= 4 is 34.6 Å². The summed E-state index contributed by atoms with van der Waals surface area (Å²) in [5, 5.41) is 3.62. The van der Waals surface area contributed by atoms with Gasteiger partial charge in [0, 0.05) is 22.7 Å². The number of terminal acetylenes is 1. The number of fused-ring (bicyclic) bond motifs is 1. The number of nitrogens with one attached hydrogen (secondary N) is 1. The van der Waals surface area contributed by atoms with Crippen LogP contribution in [-0.2, 0) is 11.3 Å². The van der Waals surface area contributed by atoms with Gasteiger partial charge >= 0.3 is 6.03 Å². The maximum Gasteiger partial charge on any atom is 0.333 e. The van der Waals surface area contributed by atoms with E-state index in [0.29, 0.717) is 12.2 Å². The summed E-state index contributed by atoms with van der Waals surface area (Å²) in [6, 6.07) is 16.2. The number of imide groups is 1. The van der Waals surface area contributed by atoms with Crippen molar-refractivity contribution in [2.45, 2.75) is 6.54 Å². The standard InChI is InChI=1S/C21H15N3O2/c1-2-12-23-14-15(17-10-6-7-11-19(17)23)13-18-20(25)24(21(26)22-18)16-8-4-3-5-9-16/h1,3-11,13-14H,12H2,(H,22,26)/b18-13+. The molecule has 5 nitrogen and oxygen atoms in total. The zero-order valence-electron chi connectivity index (χ0n) is 13.8. The van der Waals surface area contributed by atoms with Crippen molar-refractivity contribution in [1.29, 1.82) is 0 Å². The Balaban J connectivity index is 1.76. The third kappa shape index (κ3) is 2.54. The highest BCUT2D eigenvalue weighted by molar-refractivity contribution is 6.28. The predicted molar refractivity (Wildman–Crippen MR) is 101 cm³/mol. The van der Waals surface area contributed by atoms with E-state index in [2.05, 4.69) is 11.2 Å². The first-order valence-electron chi connectivity index (χ1n) is 8.12. The zero-order valence-corrected chi connectivity index (χ0v) is 13.8. The minimum Gasteiger partial charge on any atom is -0.335 e. The van der Waals surface area contributed by atoms with Crippen molar-refractivity contribution in [3.8, 4) is 12.3 Å². The normalized spacial score (nSPS) is 15.5. The number of hydrogen-bond donors (Lipinski definition) is 1. The van der Waals surface area contributed by atoms with Crippen LogP contribution in [0.25, 0.3) is 17.0 Å². The molecule has 1 aliphatic heterocycles. The van der Waals surface area contributed by atoms with E-state index in [1.807, 2.05) is 41.1 Å². The van der Waals surface area contributed by atoms with Gasteiger partial charge in [0.25, 0.3) is 5.91 Å². The molecular weight excluding hydrogens is 326 g/mol. The Morgan fingerprint density at radius 1 is 1.04 bits per heavy atom. The zero-order chi connectivity index (χ0) is 18.1. The quantitative estimate of drug-likeness (QED) is 0.451. The number of carbonyl (C=O) groups excluding carboxylic acids is 2. The Morgan fingerprint density at radius 2 is 1.77 bits per heavy atom. The van der Waals surface area contributed by atoms with Crippen molar-refractivity contribution < 1.29 is 9.59 Å². The third-order valence-electron chi connectivity index (χ3n) is 4.27. The lowest BCUT2D eigenvalue weighted by Crippen LogP contribution is -2.30. The van der Waals surface area contributed by atoms with Gasteiger partial charge in [-0.25, -0.2) is 9.69 Å². The lowest BCUT2D eigenvalue weighted by molar-refractivity contribution is -0.113. The van der Waals surface area contributed by atoms with Crippen LogP contribution in [0.4, 0.5) is 10.5 Å². The summed E-state index contributed by atoms with van der Waals surface area (Å²) >= 11 is 0. The second kappa shape index (κ2) is 6.26. The van der Waals surface area contributed by atoms with Gasteiger partial charge in [-0.15, -0.1) is 6.42 Å². The SMILES string of the molecule is C#CCn1cc(/C=C2/NC(=O)N(c3ccccc3)C2=O)c2ccccc21. The molecule has 0 spiro atoms. The number of benzene rings is 2. The van der Waals surface area contributed by atoms with E-state index in [1.165, 1.54) is 0 Å². The first-order valence-corrected chi connectivity index (χ1v) is 8.12. The molecule has 0 unspecified atom stereocenters. The largest absolute Gasteiger partial charge is 0.335 e. The van der Waals surface area contributed by atoms with E-state index in [9.17, 15) is 9.59 Å². The molecule has 1 fully saturated rings. The minimum atomic E-state index is -0.459. The molecule has 0 bridgehead atoms. The molecule has 26 heavy (non-hydrogen) atoms. The maximum atomic E-state index is 12.7.